The molecule has 0 spiro atoms. The van der Waals surface area contributed by atoms with Gasteiger partial charge in [-0.1, -0.05) is 12.1 Å². The summed E-state index contributed by atoms with van der Waals surface area (Å²) < 4.78 is 4.75. The lowest BCUT2D eigenvalue weighted by Gasteiger charge is -2.20. The van der Waals surface area contributed by atoms with Crippen LogP contribution in [-0.2, 0) is 11.3 Å². The van der Waals surface area contributed by atoms with Crippen molar-refractivity contribution >= 4 is 17.5 Å². The molecule has 0 saturated heterocycles. The standard InChI is InChI=1S/C18H23N3O2/c1-13-16(18(22)23-5)9-10-17(19-13)21(4)12-14-7-6-8-15(11-14)20(2)3/h6-11H,12H2,1-5H3. The van der Waals surface area contributed by atoms with Crippen molar-refractivity contribution in [1.29, 1.82) is 0 Å². The molecular formula is C18H23N3O2. The molecule has 0 fully saturated rings. The van der Waals surface area contributed by atoms with Crippen LogP contribution in [0.25, 0.3) is 0 Å². The third kappa shape index (κ3) is 4.00. The van der Waals surface area contributed by atoms with E-state index in [-0.39, 0.29) is 5.97 Å². The van der Waals surface area contributed by atoms with E-state index in [9.17, 15) is 4.79 Å². The highest BCUT2D eigenvalue weighted by Crippen LogP contribution is 2.19. The number of hydrogen-bond acceptors (Lipinski definition) is 5. The van der Waals surface area contributed by atoms with Gasteiger partial charge in [-0.2, -0.15) is 0 Å². The number of carbonyl (C=O) groups is 1. The van der Waals surface area contributed by atoms with Crippen LogP contribution in [0, 0.1) is 6.92 Å². The van der Waals surface area contributed by atoms with E-state index in [1.807, 2.05) is 34.1 Å². The minimum Gasteiger partial charge on any atom is -0.465 e. The number of rotatable bonds is 5. The van der Waals surface area contributed by atoms with Gasteiger partial charge in [-0.15, -0.1) is 0 Å². The molecule has 0 aliphatic carbocycles. The summed E-state index contributed by atoms with van der Waals surface area (Å²) in [5.41, 5.74) is 3.54. The van der Waals surface area contributed by atoms with Gasteiger partial charge < -0.3 is 14.5 Å². The van der Waals surface area contributed by atoms with Crippen molar-refractivity contribution in [3.8, 4) is 0 Å². The van der Waals surface area contributed by atoms with Gasteiger partial charge in [-0.25, -0.2) is 9.78 Å². The average molecular weight is 313 g/mol. The van der Waals surface area contributed by atoms with Crippen molar-refractivity contribution in [2.45, 2.75) is 13.5 Å². The molecule has 5 heteroatoms. The summed E-state index contributed by atoms with van der Waals surface area (Å²) in [7, 11) is 7.42. The van der Waals surface area contributed by atoms with Gasteiger partial charge >= 0.3 is 5.97 Å². The summed E-state index contributed by atoms with van der Waals surface area (Å²) >= 11 is 0. The number of nitrogens with zero attached hydrogens (tertiary/aromatic N) is 3. The largest absolute Gasteiger partial charge is 0.465 e. The Kier molecular flexibility index (Phi) is 5.21. The highest BCUT2D eigenvalue weighted by molar-refractivity contribution is 5.90. The van der Waals surface area contributed by atoms with Crippen LogP contribution >= 0.6 is 0 Å². The fourth-order valence-electron chi connectivity index (χ4n) is 2.37. The monoisotopic (exact) mass is 313 g/mol. The second kappa shape index (κ2) is 7.13. The number of hydrogen-bond donors (Lipinski definition) is 0. The first kappa shape index (κ1) is 16.8. The molecule has 23 heavy (non-hydrogen) atoms. The van der Waals surface area contributed by atoms with Crippen LogP contribution in [0.15, 0.2) is 36.4 Å². The molecule has 0 aliphatic rings. The molecule has 1 aromatic carbocycles. The number of esters is 1. The molecule has 2 aromatic rings. The predicted molar refractivity (Wildman–Crippen MR) is 93.2 cm³/mol. The predicted octanol–water partition coefficient (Wildman–Crippen LogP) is 2.88. The smallest absolute Gasteiger partial charge is 0.339 e. The Morgan fingerprint density at radius 3 is 2.52 bits per heavy atom. The SMILES string of the molecule is COC(=O)c1ccc(N(C)Cc2cccc(N(C)C)c2)nc1C. The maximum Gasteiger partial charge on any atom is 0.339 e. The summed E-state index contributed by atoms with van der Waals surface area (Å²) in [5.74, 6) is 0.466. The van der Waals surface area contributed by atoms with Crippen LogP contribution in [0.5, 0.6) is 0 Å². The maximum atomic E-state index is 11.6. The van der Waals surface area contributed by atoms with Crippen LogP contribution in [0.4, 0.5) is 11.5 Å². The van der Waals surface area contributed by atoms with Crippen molar-refractivity contribution in [1.82, 2.24) is 4.98 Å². The van der Waals surface area contributed by atoms with Gasteiger partial charge in [0.15, 0.2) is 0 Å². The molecule has 0 amide bonds. The molecule has 0 saturated carbocycles. The molecule has 2 rings (SSSR count). The van der Waals surface area contributed by atoms with Crippen molar-refractivity contribution in [2.24, 2.45) is 0 Å². The van der Waals surface area contributed by atoms with Gasteiger partial charge in [0.1, 0.15) is 5.82 Å². The van der Waals surface area contributed by atoms with E-state index >= 15 is 0 Å². The minimum absolute atomic E-state index is 0.358. The lowest BCUT2D eigenvalue weighted by atomic mass is 10.1. The van der Waals surface area contributed by atoms with Crippen LogP contribution < -0.4 is 9.80 Å². The fourth-order valence-corrected chi connectivity index (χ4v) is 2.37. The number of aryl methyl sites for hydroxylation is 1. The Labute approximate surface area is 137 Å². The fraction of sp³-hybridized carbons (Fsp3) is 0.333. The van der Waals surface area contributed by atoms with Crippen LogP contribution in [0.3, 0.4) is 0 Å². The number of carbonyl (C=O) groups excluding carboxylic acids is 1. The first-order valence-corrected chi connectivity index (χ1v) is 7.45. The van der Waals surface area contributed by atoms with Gasteiger partial charge in [-0.05, 0) is 36.8 Å². The van der Waals surface area contributed by atoms with Gasteiger partial charge in [0.05, 0.1) is 18.4 Å². The molecule has 0 atom stereocenters. The van der Waals surface area contributed by atoms with Crippen molar-refractivity contribution in [3.05, 3.63) is 53.2 Å². The first-order valence-electron chi connectivity index (χ1n) is 7.45. The molecule has 122 valence electrons. The normalized spacial score (nSPS) is 10.3. The van der Waals surface area contributed by atoms with Gasteiger partial charge in [0, 0.05) is 33.4 Å². The average Bonchev–Trinajstić information content (AvgIpc) is 2.54. The van der Waals surface area contributed by atoms with E-state index in [0.29, 0.717) is 11.3 Å². The summed E-state index contributed by atoms with van der Waals surface area (Å²) in [5, 5.41) is 0. The van der Waals surface area contributed by atoms with Crippen LogP contribution in [-0.4, -0.2) is 39.2 Å². The Bertz CT molecular complexity index is 698. The zero-order valence-electron chi connectivity index (χ0n) is 14.3. The lowest BCUT2D eigenvalue weighted by Crippen LogP contribution is -2.19. The number of pyridine rings is 1. The van der Waals surface area contributed by atoms with Crippen molar-refractivity contribution < 1.29 is 9.53 Å². The number of ether oxygens (including phenoxy) is 1. The molecule has 0 N–H and O–H groups in total. The molecule has 5 nitrogen and oxygen atoms in total. The Morgan fingerprint density at radius 2 is 1.91 bits per heavy atom. The number of aromatic nitrogens is 1. The minimum atomic E-state index is -0.358. The second-order valence-electron chi connectivity index (χ2n) is 5.71. The molecule has 0 bridgehead atoms. The van der Waals surface area contributed by atoms with E-state index in [1.165, 1.54) is 18.4 Å². The highest BCUT2D eigenvalue weighted by Gasteiger charge is 2.12. The summed E-state index contributed by atoms with van der Waals surface area (Å²) in [6.45, 7) is 2.56. The van der Waals surface area contributed by atoms with Crippen LogP contribution in [0.2, 0.25) is 0 Å². The van der Waals surface area contributed by atoms with Gasteiger partial charge in [-0.3, -0.25) is 0 Å². The van der Waals surface area contributed by atoms with E-state index in [1.54, 1.807) is 6.07 Å². The Balaban J connectivity index is 2.18. The number of benzene rings is 1. The van der Waals surface area contributed by atoms with Crippen molar-refractivity contribution in [3.63, 3.8) is 0 Å². The molecule has 1 aromatic heterocycles. The van der Waals surface area contributed by atoms with Gasteiger partial charge in [0.25, 0.3) is 0 Å². The molecule has 0 radical (unpaired) electrons. The highest BCUT2D eigenvalue weighted by atomic mass is 16.5. The van der Waals surface area contributed by atoms with E-state index in [2.05, 4.69) is 39.0 Å². The maximum absolute atomic E-state index is 11.6. The summed E-state index contributed by atoms with van der Waals surface area (Å²) in [4.78, 5) is 20.3. The van der Waals surface area contributed by atoms with E-state index in [0.717, 1.165) is 12.4 Å². The molecule has 0 unspecified atom stereocenters. The first-order chi connectivity index (χ1) is 10.9. The molecule has 0 aliphatic heterocycles. The quantitative estimate of drug-likeness (QED) is 0.794. The Hall–Kier alpha value is -2.56. The number of anilines is 2. The topological polar surface area (TPSA) is 45.7 Å². The third-order valence-corrected chi connectivity index (χ3v) is 3.71. The van der Waals surface area contributed by atoms with E-state index in [4.69, 9.17) is 4.74 Å². The molecular weight excluding hydrogens is 290 g/mol. The van der Waals surface area contributed by atoms with E-state index < -0.39 is 0 Å². The number of methoxy groups -OCH3 is 1. The second-order valence-corrected chi connectivity index (χ2v) is 5.71. The zero-order chi connectivity index (χ0) is 17.0. The summed E-state index contributed by atoms with van der Waals surface area (Å²) in [6, 6.07) is 12.0. The molecule has 1 heterocycles. The Morgan fingerprint density at radius 1 is 1.17 bits per heavy atom. The third-order valence-electron chi connectivity index (χ3n) is 3.71. The zero-order valence-corrected chi connectivity index (χ0v) is 14.3. The lowest BCUT2D eigenvalue weighted by molar-refractivity contribution is 0.0599. The summed E-state index contributed by atoms with van der Waals surface area (Å²) in [6.07, 6.45) is 0. The van der Waals surface area contributed by atoms with Crippen molar-refractivity contribution in [2.75, 3.05) is 38.1 Å². The van der Waals surface area contributed by atoms with Gasteiger partial charge in [0.2, 0.25) is 0 Å². The van der Waals surface area contributed by atoms with Crippen LogP contribution in [0.1, 0.15) is 21.6 Å².